The molecule has 1 amide bonds. The third-order valence-corrected chi connectivity index (χ3v) is 6.03. The van der Waals surface area contributed by atoms with Crippen molar-refractivity contribution in [1.82, 2.24) is 9.62 Å². The second-order valence-electron chi connectivity index (χ2n) is 5.53. The van der Waals surface area contributed by atoms with Crippen molar-refractivity contribution >= 4 is 33.2 Å². The van der Waals surface area contributed by atoms with Crippen LogP contribution in [0.5, 0.6) is 0 Å². The zero-order valence-corrected chi connectivity index (χ0v) is 15.3. The number of carbonyl (C=O) groups is 1. The molecule has 0 unspecified atom stereocenters. The van der Waals surface area contributed by atoms with E-state index in [9.17, 15) is 13.2 Å². The highest BCUT2D eigenvalue weighted by atomic mass is 32.2. The van der Waals surface area contributed by atoms with Gasteiger partial charge in [-0.3, -0.25) is 4.79 Å². The van der Waals surface area contributed by atoms with Gasteiger partial charge in [0.2, 0.25) is 0 Å². The molecule has 1 aliphatic rings. The second-order valence-corrected chi connectivity index (χ2v) is 8.11. The highest BCUT2D eigenvalue weighted by molar-refractivity contribution is 7.88. The molecule has 1 aliphatic heterocycles. The molecule has 0 saturated carbocycles. The first-order valence-corrected chi connectivity index (χ1v) is 9.86. The van der Waals surface area contributed by atoms with Gasteiger partial charge < -0.3 is 5.32 Å². The van der Waals surface area contributed by atoms with Gasteiger partial charge in [-0.2, -0.15) is 8.42 Å². The van der Waals surface area contributed by atoms with E-state index >= 15 is 0 Å². The number of hydrogen-bond acceptors (Lipinski definition) is 4. The van der Waals surface area contributed by atoms with Crippen molar-refractivity contribution in [1.29, 1.82) is 0 Å². The van der Waals surface area contributed by atoms with Crippen LogP contribution in [0.25, 0.3) is 0 Å². The molecule has 0 bridgehead atoms. The molecule has 0 fully saturated rings. The number of nitrogens with zero attached hydrogens (tertiary/aromatic N) is 2. The summed E-state index contributed by atoms with van der Waals surface area (Å²) >= 11 is 1.37. The van der Waals surface area contributed by atoms with Crippen molar-refractivity contribution in [2.75, 3.05) is 7.05 Å². The van der Waals surface area contributed by atoms with Gasteiger partial charge in [-0.05, 0) is 30.0 Å². The number of allylic oxidation sites excluding steroid dienone is 1. The molecule has 2 heterocycles. The Balaban J connectivity index is 1.89. The minimum absolute atomic E-state index is 0.0428. The van der Waals surface area contributed by atoms with E-state index in [4.69, 9.17) is 0 Å². The smallest absolute Gasteiger partial charge is 0.344 e. The average molecular weight is 375 g/mol. The summed E-state index contributed by atoms with van der Waals surface area (Å²) in [7, 11) is -2.61. The Bertz CT molecular complexity index is 933. The number of benzene rings is 1. The van der Waals surface area contributed by atoms with Crippen LogP contribution < -0.4 is 5.32 Å². The van der Waals surface area contributed by atoms with Crippen LogP contribution in [0.2, 0.25) is 0 Å². The standard InChI is InChI=1S/C17H17N3O3S2/c1-12(13-7-4-3-5-8-13)18-17(21)15-11-14(16-9-6-10-24-16)19-25(22,23)20(15)2/h3-12H,1-2H3,(H,18,21)/t12-/m1/s1. The van der Waals surface area contributed by atoms with Crippen LogP contribution in [0.4, 0.5) is 0 Å². The van der Waals surface area contributed by atoms with Crippen LogP contribution in [0.15, 0.2) is 64.0 Å². The Morgan fingerprint density at radius 2 is 1.92 bits per heavy atom. The Morgan fingerprint density at radius 3 is 2.56 bits per heavy atom. The lowest BCUT2D eigenvalue weighted by Gasteiger charge is -2.24. The topological polar surface area (TPSA) is 78.8 Å². The van der Waals surface area contributed by atoms with Crippen molar-refractivity contribution in [3.63, 3.8) is 0 Å². The van der Waals surface area contributed by atoms with E-state index in [1.165, 1.54) is 24.5 Å². The summed E-state index contributed by atoms with van der Waals surface area (Å²) in [6.45, 7) is 1.85. The number of nitrogens with one attached hydrogen (secondary N) is 1. The first-order valence-electron chi connectivity index (χ1n) is 7.58. The van der Waals surface area contributed by atoms with Crippen molar-refractivity contribution in [3.05, 3.63) is 70.1 Å². The van der Waals surface area contributed by atoms with Gasteiger partial charge in [0.25, 0.3) is 5.91 Å². The molecular weight excluding hydrogens is 358 g/mol. The number of hydrogen-bond donors (Lipinski definition) is 1. The normalized spacial score (nSPS) is 17.4. The third kappa shape index (κ3) is 3.64. The Kier molecular flexibility index (Phi) is 4.73. The lowest BCUT2D eigenvalue weighted by atomic mass is 10.1. The molecule has 130 valence electrons. The van der Waals surface area contributed by atoms with E-state index in [2.05, 4.69) is 9.71 Å². The van der Waals surface area contributed by atoms with Crippen LogP contribution in [0.1, 0.15) is 23.4 Å². The number of thiophene rings is 1. The fraction of sp³-hybridized carbons (Fsp3) is 0.176. The van der Waals surface area contributed by atoms with Gasteiger partial charge in [-0.15, -0.1) is 15.7 Å². The largest absolute Gasteiger partial charge is 0.345 e. The number of amides is 1. The summed E-state index contributed by atoms with van der Waals surface area (Å²) in [6.07, 6.45) is 1.50. The number of likely N-dealkylation sites (N-methyl/N-ethyl adjacent to an activating group) is 1. The minimum atomic E-state index is -3.93. The van der Waals surface area contributed by atoms with Crippen molar-refractivity contribution < 1.29 is 13.2 Å². The van der Waals surface area contributed by atoms with Crippen LogP contribution in [0.3, 0.4) is 0 Å². The maximum absolute atomic E-state index is 12.7. The SMILES string of the molecule is C[C@@H](NC(=O)C1=CC(c2cccs2)=NS(=O)(=O)N1C)c1ccccc1. The first-order chi connectivity index (χ1) is 11.9. The lowest BCUT2D eigenvalue weighted by Crippen LogP contribution is -2.39. The summed E-state index contributed by atoms with van der Waals surface area (Å²) in [4.78, 5) is 13.4. The van der Waals surface area contributed by atoms with E-state index < -0.39 is 16.1 Å². The van der Waals surface area contributed by atoms with Gasteiger partial charge in [-0.1, -0.05) is 36.4 Å². The predicted octanol–water partition coefficient (Wildman–Crippen LogP) is 2.49. The lowest BCUT2D eigenvalue weighted by molar-refractivity contribution is -0.119. The Morgan fingerprint density at radius 1 is 1.20 bits per heavy atom. The molecule has 25 heavy (non-hydrogen) atoms. The summed E-state index contributed by atoms with van der Waals surface area (Å²) in [5.41, 5.74) is 1.25. The molecule has 0 saturated heterocycles. The molecule has 1 atom stereocenters. The molecule has 3 rings (SSSR count). The van der Waals surface area contributed by atoms with Gasteiger partial charge in [0.1, 0.15) is 5.70 Å². The minimum Gasteiger partial charge on any atom is -0.344 e. The van der Waals surface area contributed by atoms with Gasteiger partial charge in [0, 0.05) is 7.05 Å². The summed E-state index contributed by atoms with van der Waals surface area (Å²) in [6, 6.07) is 12.8. The highest BCUT2D eigenvalue weighted by Crippen LogP contribution is 2.22. The Labute approximate surface area is 150 Å². The first kappa shape index (κ1) is 17.4. The molecular formula is C17H17N3O3S2. The summed E-state index contributed by atoms with van der Waals surface area (Å²) < 4.78 is 29.2. The Hall–Kier alpha value is -2.45. The zero-order chi connectivity index (χ0) is 18.0. The van der Waals surface area contributed by atoms with E-state index in [0.29, 0.717) is 4.88 Å². The maximum atomic E-state index is 12.7. The molecule has 2 aromatic rings. The summed E-state index contributed by atoms with van der Waals surface area (Å²) in [5.74, 6) is -0.466. The van der Waals surface area contributed by atoms with E-state index in [1.807, 2.05) is 42.6 Å². The fourth-order valence-electron chi connectivity index (χ4n) is 2.40. The predicted molar refractivity (Wildman–Crippen MR) is 98.6 cm³/mol. The monoisotopic (exact) mass is 375 g/mol. The van der Waals surface area contributed by atoms with Crippen LogP contribution >= 0.6 is 11.3 Å². The zero-order valence-electron chi connectivity index (χ0n) is 13.7. The molecule has 6 nitrogen and oxygen atoms in total. The summed E-state index contributed by atoms with van der Waals surface area (Å²) in [5, 5.41) is 4.66. The molecule has 0 radical (unpaired) electrons. The third-order valence-electron chi connectivity index (χ3n) is 3.83. The highest BCUT2D eigenvalue weighted by Gasteiger charge is 2.30. The number of rotatable bonds is 4. The molecule has 0 aliphatic carbocycles. The molecule has 1 N–H and O–H groups in total. The van der Waals surface area contributed by atoms with Gasteiger partial charge in [-0.25, -0.2) is 4.31 Å². The van der Waals surface area contributed by atoms with E-state index in [-0.39, 0.29) is 17.5 Å². The van der Waals surface area contributed by atoms with Crippen molar-refractivity contribution in [2.24, 2.45) is 4.40 Å². The number of carbonyl (C=O) groups excluding carboxylic acids is 1. The van der Waals surface area contributed by atoms with Gasteiger partial charge in [0.15, 0.2) is 0 Å². The van der Waals surface area contributed by atoms with Crippen molar-refractivity contribution in [3.8, 4) is 0 Å². The molecule has 0 spiro atoms. The van der Waals surface area contributed by atoms with Crippen LogP contribution in [-0.2, 0) is 15.0 Å². The van der Waals surface area contributed by atoms with Crippen LogP contribution in [-0.4, -0.2) is 31.4 Å². The average Bonchev–Trinajstić information content (AvgIpc) is 3.12. The quantitative estimate of drug-likeness (QED) is 0.892. The van der Waals surface area contributed by atoms with E-state index in [1.54, 1.807) is 12.1 Å². The van der Waals surface area contributed by atoms with Gasteiger partial charge in [0.05, 0.1) is 16.6 Å². The van der Waals surface area contributed by atoms with Crippen molar-refractivity contribution in [2.45, 2.75) is 13.0 Å². The molecule has 8 heteroatoms. The molecule has 1 aromatic heterocycles. The fourth-order valence-corrected chi connectivity index (χ4v) is 4.05. The van der Waals surface area contributed by atoms with E-state index in [0.717, 1.165) is 9.87 Å². The molecule has 1 aromatic carbocycles. The second kappa shape index (κ2) is 6.81. The van der Waals surface area contributed by atoms with Gasteiger partial charge >= 0.3 is 10.2 Å². The van der Waals surface area contributed by atoms with Crippen LogP contribution in [0, 0.1) is 0 Å². The maximum Gasteiger partial charge on any atom is 0.345 e.